The van der Waals surface area contributed by atoms with E-state index in [0.717, 1.165) is 13.0 Å². The van der Waals surface area contributed by atoms with Crippen molar-refractivity contribution in [1.29, 1.82) is 0 Å². The number of hydrogen-bond donors (Lipinski definition) is 0. The molecular formula is C8H13NO2. The van der Waals surface area contributed by atoms with E-state index >= 15 is 0 Å². The van der Waals surface area contributed by atoms with Crippen LogP contribution in [0.4, 0.5) is 0 Å². The Morgan fingerprint density at radius 2 is 2.36 bits per heavy atom. The second kappa shape index (κ2) is 2.21. The highest BCUT2D eigenvalue weighted by molar-refractivity contribution is 5.89. The molecule has 3 nitrogen and oxygen atoms in total. The van der Waals surface area contributed by atoms with Crippen molar-refractivity contribution in [2.24, 2.45) is 0 Å². The minimum absolute atomic E-state index is 0.0857. The molecule has 0 aromatic heterocycles. The average molecular weight is 155 g/mol. The van der Waals surface area contributed by atoms with E-state index in [1.54, 1.807) is 0 Å². The highest BCUT2D eigenvalue weighted by Crippen LogP contribution is 2.32. The van der Waals surface area contributed by atoms with Crippen molar-refractivity contribution in [3.63, 3.8) is 0 Å². The fourth-order valence-corrected chi connectivity index (χ4v) is 1.96. The molecule has 0 unspecified atom stereocenters. The van der Waals surface area contributed by atoms with Crippen LogP contribution in [0.2, 0.25) is 0 Å². The van der Waals surface area contributed by atoms with Gasteiger partial charge in [0.1, 0.15) is 0 Å². The molecule has 2 aliphatic heterocycles. The van der Waals surface area contributed by atoms with Crippen LogP contribution in [0.3, 0.4) is 0 Å². The Bertz CT molecular complexity index is 191. The first-order valence-electron chi connectivity index (χ1n) is 4.15. The van der Waals surface area contributed by atoms with Crippen molar-refractivity contribution in [1.82, 2.24) is 4.90 Å². The van der Waals surface area contributed by atoms with E-state index in [4.69, 9.17) is 4.74 Å². The van der Waals surface area contributed by atoms with Gasteiger partial charge in [-0.1, -0.05) is 0 Å². The Kier molecular flexibility index (Phi) is 1.42. The molecule has 2 heterocycles. The Labute approximate surface area is 66.3 Å². The SMILES string of the molecule is CC(C)N1C(=O)[C@H]2OCC[C@H]21. The molecule has 0 radical (unpaired) electrons. The molecule has 0 aromatic carbocycles. The summed E-state index contributed by atoms with van der Waals surface area (Å²) in [5.41, 5.74) is 0. The van der Waals surface area contributed by atoms with E-state index in [2.05, 4.69) is 0 Å². The lowest BCUT2D eigenvalue weighted by molar-refractivity contribution is -0.165. The number of likely N-dealkylation sites (tertiary alicyclic amines) is 1. The first-order valence-corrected chi connectivity index (χ1v) is 4.15. The van der Waals surface area contributed by atoms with E-state index in [-0.39, 0.29) is 12.0 Å². The van der Waals surface area contributed by atoms with E-state index in [9.17, 15) is 4.79 Å². The Hall–Kier alpha value is -0.570. The van der Waals surface area contributed by atoms with Gasteiger partial charge < -0.3 is 9.64 Å². The zero-order valence-corrected chi connectivity index (χ0v) is 6.91. The fourth-order valence-electron chi connectivity index (χ4n) is 1.96. The van der Waals surface area contributed by atoms with Gasteiger partial charge in [0.15, 0.2) is 6.10 Å². The van der Waals surface area contributed by atoms with Crippen molar-refractivity contribution >= 4 is 5.91 Å². The molecule has 2 atom stereocenters. The number of ether oxygens (including phenoxy) is 1. The molecule has 2 fully saturated rings. The van der Waals surface area contributed by atoms with Crippen LogP contribution in [-0.4, -0.2) is 35.6 Å². The standard InChI is InChI=1S/C8H13NO2/c1-5(2)9-6-3-4-11-7(6)8(9)10/h5-7H,3-4H2,1-2H3/t6-,7+/m1/s1. The maximum Gasteiger partial charge on any atom is 0.254 e. The maximum absolute atomic E-state index is 11.3. The van der Waals surface area contributed by atoms with Crippen molar-refractivity contribution in [2.45, 2.75) is 38.5 Å². The second-order valence-electron chi connectivity index (χ2n) is 3.49. The van der Waals surface area contributed by atoms with Crippen molar-refractivity contribution in [3.05, 3.63) is 0 Å². The molecule has 3 heteroatoms. The molecule has 0 aliphatic carbocycles. The molecule has 11 heavy (non-hydrogen) atoms. The lowest BCUT2D eigenvalue weighted by Gasteiger charge is -2.44. The quantitative estimate of drug-likeness (QED) is 0.513. The summed E-state index contributed by atoms with van der Waals surface area (Å²) in [4.78, 5) is 13.2. The summed E-state index contributed by atoms with van der Waals surface area (Å²) >= 11 is 0. The van der Waals surface area contributed by atoms with Gasteiger partial charge >= 0.3 is 0 Å². The van der Waals surface area contributed by atoms with Crippen LogP contribution in [0.25, 0.3) is 0 Å². The van der Waals surface area contributed by atoms with E-state index in [0.29, 0.717) is 12.1 Å². The summed E-state index contributed by atoms with van der Waals surface area (Å²) in [7, 11) is 0. The Morgan fingerprint density at radius 1 is 1.64 bits per heavy atom. The van der Waals surface area contributed by atoms with Gasteiger partial charge in [-0.15, -0.1) is 0 Å². The highest BCUT2D eigenvalue weighted by Gasteiger charge is 2.51. The largest absolute Gasteiger partial charge is 0.366 e. The minimum atomic E-state index is -0.0857. The summed E-state index contributed by atoms with van der Waals surface area (Å²) in [5, 5.41) is 0. The number of hydrogen-bond acceptors (Lipinski definition) is 2. The smallest absolute Gasteiger partial charge is 0.254 e. The van der Waals surface area contributed by atoms with Crippen LogP contribution in [0.1, 0.15) is 20.3 Å². The average Bonchev–Trinajstić information content (AvgIpc) is 2.30. The molecule has 1 amide bonds. The van der Waals surface area contributed by atoms with Crippen LogP contribution in [0.15, 0.2) is 0 Å². The van der Waals surface area contributed by atoms with Gasteiger partial charge in [-0.25, -0.2) is 0 Å². The van der Waals surface area contributed by atoms with Crippen molar-refractivity contribution in [2.75, 3.05) is 6.61 Å². The zero-order chi connectivity index (χ0) is 8.01. The van der Waals surface area contributed by atoms with Gasteiger partial charge in [-0.3, -0.25) is 4.79 Å². The number of carbonyl (C=O) groups excluding carboxylic acids is 1. The normalized spacial score (nSPS) is 35.9. The molecule has 2 rings (SSSR count). The summed E-state index contributed by atoms with van der Waals surface area (Å²) in [6.07, 6.45) is 0.937. The minimum Gasteiger partial charge on any atom is -0.366 e. The van der Waals surface area contributed by atoms with Crippen molar-refractivity contribution < 1.29 is 9.53 Å². The third kappa shape index (κ3) is 0.805. The predicted molar refractivity (Wildman–Crippen MR) is 40.1 cm³/mol. The van der Waals surface area contributed by atoms with Crippen molar-refractivity contribution in [3.8, 4) is 0 Å². The number of rotatable bonds is 1. The summed E-state index contributed by atoms with van der Waals surface area (Å²) in [5.74, 6) is 0.183. The first kappa shape index (κ1) is 7.10. The molecule has 2 saturated heterocycles. The van der Waals surface area contributed by atoms with Gasteiger partial charge in [0.2, 0.25) is 0 Å². The lowest BCUT2D eigenvalue weighted by Crippen LogP contribution is -2.64. The Morgan fingerprint density at radius 3 is 3.00 bits per heavy atom. The zero-order valence-electron chi connectivity index (χ0n) is 6.91. The molecule has 0 spiro atoms. The van der Waals surface area contributed by atoms with Gasteiger partial charge in [0, 0.05) is 12.6 Å². The number of amides is 1. The van der Waals surface area contributed by atoms with Crippen LogP contribution >= 0.6 is 0 Å². The van der Waals surface area contributed by atoms with E-state index in [1.165, 1.54) is 0 Å². The van der Waals surface area contributed by atoms with Gasteiger partial charge in [0.05, 0.1) is 6.04 Å². The molecule has 0 saturated carbocycles. The highest BCUT2D eigenvalue weighted by atomic mass is 16.5. The number of β-lactam (4-membered cyclic amide) rings is 1. The Balaban J connectivity index is 2.09. The lowest BCUT2D eigenvalue weighted by atomic mass is 9.96. The third-order valence-electron chi connectivity index (χ3n) is 2.47. The second-order valence-corrected chi connectivity index (χ2v) is 3.49. The van der Waals surface area contributed by atoms with Crippen LogP contribution < -0.4 is 0 Å². The maximum atomic E-state index is 11.3. The van der Waals surface area contributed by atoms with E-state index in [1.807, 2.05) is 18.7 Å². The molecule has 0 aromatic rings. The predicted octanol–water partition coefficient (Wildman–Crippen LogP) is 0.394. The molecule has 62 valence electrons. The van der Waals surface area contributed by atoms with Crippen LogP contribution in [0.5, 0.6) is 0 Å². The number of fused-ring (bicyclic) bond motifs is 1. The summed E-state index contributed by atoms with van der Waals surface area (Å²) in [6.45, 7) is 4.85. The molecule has 2 aliphatic rings. The van der Waals surface area contributed by atoms with Gasteiger partial charge in [-0.05, 0) is 20.3 Å². The van der Waals surface area contributed by atoms with Gasteiger partial charge in [0.25, 0.3) is 5.91 Å². The topological polar surface area (TPSA) is 29.5 Å². The van der Waals surface area contributed by atoms with Gasteiger partial charge in [-0.2, -0.15) is 0 Å². The fraction of sp³-hybridized carbons (Fsp3) is 0.875. The number of nitrogens with zero attached hydrogens (tertiary/aromatic N) is 1. The third-order valence-corrected chi connectivity index (χ3v) is 2.47. The first-order chi connectivity index (χ1) is 5.22. The molecule has 0 N–H and O–H groups in total. The monoisotopic (exact) mass is 155 g/mol. The summed E-state index contributed by atoms with van der Waals surface area (Å²) < 4.78 is 5.25. The van der Waals surface area contributed by atoms with E-state index < -0.39 is 0 Å². The van der Waals surface area contributed by atoms with Crippen LogP contribution in [0, 0.1) is 0 Å². The molecule has 0 bridgehead atoms. The summed E-state index contributed by atoms with van der Waals surface area (Å²) in [6, 6.07) is 0.730. The van der Waals surface area contributed by atoms with Crippen LogP contribution in [-0.2, 0) is 9.53 Å². The number of carbonyl (C=O) groups is 1. The molecular weight excluding hydrogens is 142 g/mol.